The Morgan fingerprint density at radius 3 is 2.68 bits per heavy atom. The molecule has 1 aliphatic heterocycles. The fraction of sp³-hybridized carbons (Fsp3) is 0.533. The molecule has 1 aliphatic rings. The second-order valence-electron chi connectivity index (χ2n) is 5.49. The first kappa shape index (κ1) is 13.9. The van der Waals surface area contributed by atoms with E-state index >= 15 is 0 Å². The molecule has 3 unspecified atom stereocenters. The van der Waals surface area contributed by atoms with Crippen LogP contribution in [0.4, 0.5) is 5.69 Å². The fourth-order valence-electron chi connectivity index (χ4n) is 2.57. The van der Waals surface area contributed by atoms with Crippen LogP contribution in [0.3, 0.4) is 0 Å². The third-order valence-electron chi connectivity index (χ3n) is 4.25. The predicted octanol–water partition coefficient (Wildman–Crippen LogP) is 2.07. The third-order valence-corrected chi connectivity index (χ3v) is 4.25. The molecule has 0 fully saturated rings. The highest BCUT2D eigenvalue weighted by molar-refractivity contribution is 5.70. The average molecular weight is 263 g/mol. The third kappa shape index (κ3) is 2.59. The summed E-state index contributed by atoms with van der Waals surface area (Å²) < 4.78 is 0. The summed E-state index contributed by atoms with van der Waals surface area (Å²) in [5.74, 6) is -1.74. The van der Waals surface area contributed by atoms with E-state index in [0.29, 0.717) is 0 Å². The molecule has 0 aromatic heterocycles. The summed E-state index contributed by atoms with van der Waals surface area (Å²) in [7, 11) is 2.05. The molecular weight excluding hydrogens is 242 g/mol. The molecule has 0 bridgehead atoms. The Labute approximate surface area is 113 Å². The maximum absolute atomic E-state index is 11.0. The van der Waals surface area contributed by atoms with Gasteiger partial charge in [0.2, 0.25) is 0 Å². The van der Waals surface area contributed by atoms with E-state index in [9.17, 15) is 9.90 Å². The number of nitrogens with zero attached hydrogens (tertiary/aromatic N) is 1. The lowest BCUT2D eigenvalue weighted by molar-refractivity contribution is -0.144. The number of anilines is 1. The van der Waals surface area contributed by atoms with E-state index < -0.39 is 18.0 Å². The molecule has 1 aromatic rings. The van der Waals surface area contributed by atoms with Gasteiger partial charge in [-0.2, -0.15) is 0 Å². The molecule has 2 N–H and O–H groups in total. The van der Waals surface area contributed by atoms with Crippen LogP contribution in [0.5, 0.6) is 0 Å². The highest BCUT2D eigenvalue weighted by Crippen LogP contribution is 2.33. The van der Waals surface area contributed by atoms with Crippen LogP contribution in [0, 0.1) is 11.8 Å². The summed E-state index contributed by atoms with van der Waals surface area (Å²) in [4.78, 5) is 13.2. The Hall–Kier alpha value is -1.55. The number of aliphatic hydroxyl groups excluding tert-OH is 1. The van der Waals surface area contributed by atoms with Crippen LogP contribution in [0.1, 0.15) is 31.1 Å². The largest absolute Gasteiger partial charge is 0.481 e. The van der Waals surface area contributed by atoms with Gasteiger partial charge >= 0.3 is 5.97 Å². The lowest BCUT2D eigenvalue weighted by Crippen LogP contribution is -2.24. The van der Waals surface area contributed by atoms with Gasteiger partial charge in [-0.1, -0.05) is 26.0 Å². The van der Waals surface area contributed by atoms with Crippen LogP contribution in [-0.4, -0.2) is 29.8 Å². The molecule has 0 amide bonds. The number of hydrogen-bond donors (Lipinski definition) is 2. The smallest absolute Gasteiger partial charge is 0.306 e. The molecule has 0 radical (unpaired) electrons. The standard InChI is InChI=1S/C15H21NO3/c1-9(10(2)15(18)19)14(17)12-4-5-13-11(8-12)6-7-16(13)3/h4-5,8-10,14,17H,6-7H2,1-3H3,(H,18,19). The molecule has 0 spiro atoms. The molecule has 0 aliphatic carbocycles. The normalized spacial score (nSPS) is 18.8. The van der Waals surface area contributed by atoms with Gasteiger partial charge in [0.25, 0.3) is 0 Å². The summed E-state index contributed by atoms with van der Waals surface area (Å²) in [5.41, 5.74) is 3.25. The SMILES string of the molecule is CC(C(=O)O)C(C)C(O)c1ccc2c(c1)CCN2C. The van der Waals surface area contributed by atoms with Crippen molar-refractivity contribution in [3.8, 4) is 0 Å². The number of carboxylic acid groups (broad SMARTS) is 1. The number of likely N-dealkylation sites (N-methyl/N-ethyl adjacent to an activating group) is 1. The molecule has 4 nitrogen and oxygen atoms in total. The van der Waals surface area contributed by atoms with Crippen LogP contribution in [0.25, 0.3) is 0 Å². The number of rotatable bonds is 4. The summed E-state index contributed by atoms with van der Waals surface area (Å²) in [6, 6.07) is 5.92. The molecule has 4 heteroatoms. The van der Waals surface area contributed by atoms with Crippen molar-refractivity contribution in [1.29, 1.82) is 0 Å². The minimum absolute atomic E-state index is 0.310. The highest BCUT2D eigenvalue weighted by atomic mass is 16.4. The zero-order valence-electron chi connectivity index (χ0n) is 11.6. The van der Waals surface area contributed by atoms with Crippen molar-refractivity contribution in [2.45, 2.75) is 26.4 Å². The summed E-state index contributed by atoms with van der Waals surface area (Å²) in [5, 5.41) is 19.3. The van der Waals surface area contributed by atoms with E-state index in [1.54, 1.807) is 13.8 Å². The first-order valence-corrected chi connectivity index (χ1v) is 6.66. The first-order chi connectivity index (χ1) is 8.91. The lowest BCUT2D eigenvalue weighted by Gasteiger charge is -2.23. The molecular formula is C15H21NO3. The number of benzene rings is 1. The van der Waals surface area contributed by atoms with Crippen molar-refractivity contribution in [1.82, 2.24) is 0 Å². The molecule has 3 atom stereocenters. The molecule has 2 rings (SSSR count). The Kier molecular flexibility index (Phi) is 3.80. The maximum Gasteiger partial charge on any atom is 0.306 e. The van der Waals surface area contributed by atoms with Crippen molar-refractivity contribution in [2.24, 2.45) is 11.8 Å². The number of carbonyl (C=O) groups is 1. The lowest BCUT2D eigenvalue weighted by atomic mass is 9.86. The molecule has 1 aromatic carbocycles. The highest BCUT2D eigenvalue weighted by Gasteiger charge is 2.28. The van der Waals surface area contributed by atoms with Gasteiger partial charge in [0.05, 0.1) is 12.0 Å². The van der Waals surface area contributed by atoms with Gasteiger partial charge in [-0.15, -0.1) is 0 Å². The molecule has 104 valence electrons. The van der Waals surface area contributed by atoms with Crippen LogP contribution in [0.15, 0.2) is 18.2 Å². The van der Waals surface area contributed by atoms with Crippen molar-refractivity contribution < 1.29 is 15.0 Å². The van der Waals surface area contributed by atoms with Gasteiger partial charge in [0, 0.05) is 19.3 Å². The maximum atomic E-state index is 11.0. The van der Waals surface area contributed by atoms with Crippen LogP contribution < -0.4 is 4.90 Å². The van der Waals surface area contributed by atoms with Crippen molar-refractivity contribution in [3.63, 3.8) is 0 Å². The minimum Gasteiger partial charge on any atom is -0.481 e. The number of aliphatic carboxylic acids is 1. The van der Waals surface area contributed by atoms with Crippen molar-refractivity contribution >= 4 is 11.7 Å². The van der Waals surface area contributed by atoms with Crippen molar-refractivity contribution in [3.05, 3.63) is 29.3 Å². The van der Waals surface area contributed by atoms with Gasteiger partial charge in [-0.05, 0) is 29.5 Å². The van der Waals surface area contributed by atoms with Gasteiger partial charge in [0.15, 0.2) is 0 Å². The monoisotopic (exact) mass is 263 g/mol. The van der Waals surface area contributed by atoms with E-state index in [-0.39, 0.29) is 5.92 Å². The molecule has 19 heavy (non-hydrogen) atoms. The minimum atomic E-state index is -0.868. The van der Waals surface area contributed by atoms with Crippen molar-refractivity contribution in [2.75, 3.05) is 18.5 Å². The quantitative estimate of drug-likeness (QED) is 0.873. The number of aliphatic hydroxyl groups is 1. The van der Waals surface area contributed by atoms with E-state index in [4.69, 9.17) is 5.11 Å². The van der Waals surface area contributed by atoms with E-state index in [2.05, 4.69) is 11.9 Å². The van der Waals surface area contributed by atoms with Crippen LogP contribution >= 0.6 is 0 Å². The van der Waals surface area contributed by atoms with E-state index in [1.807, 2.05) is 18.2 Å². The number of carboxylic acids is 1. The van der Waals surface area contributed by atoms with E-state index in [1.165, 1.54) is 11.3 Å². The molecule has 0 saturated heterocycles. The average Bonchev–Trinajstić information content (AvgIpc) is 2.77. The number of fused-ring (bicyclic) bond motifs is 1. The van der Waals surface area contributed by atoms with Crippen LogP contribution in [-0.2, 0) is 11.2 Å². The summed E-state index contributed by atoms with van der Waals surface area (Å²) in [6.45, 7) is 4.41. The Morgan fingerprint density at radius 2 is 2.05 bits per heavy atom. The second-order valence-corrected chi connectivity index (χ2v) is 5.49. The van der Waals surface area contributed by atoms with E-state index in [0.717, 1.165) is 18.5 Å². The van der Waals surface area contributed by atoms with Gasteiger partial charge in [-0.3, -0.25) is 4.79 Å². The van der Waals surface area contributed by atoms with Crippen LogP contribution in [0.2, 0.25) is 0 Å². The Morgan fingerprint density at radius 1 is 1.37 bits per heavy atom. The molecule has 0 saturated carbocycles. The second kappa shape index (κ2) is 5.21. The molecule has 1 heterocycles. The number of hydrogen-bond acceptors (Lipinski definition) is 3. The zero-order valence-corrected chi connectivity index (χ0v) is 11.6. The predicted molar refractivity (Wildman–Crippen MR) is 74.3 cm³/mol. The Balaban J connectivity index is 2.21. The summed E-state index contributed by atoms with van der Waals surface area (Å²) in [6.07, 6.45) is 0.247. The Bertz CT molecular complexity index is 486. The van der Waals surface area contributed by atoms with Gasteiger partial charge in [0.1, 0.15) is 0 Å². The van der Waals surface area contributed by atoms with Gasteiger partial charge < -0.3 is 15.1 Å². The zero-order chi connectivity index (χ0) is 14.2. The first-order valence-electron chi connectivity index (χ1n) is 6.66. The topological polar surface area (TPSA) is 60.8 Å². The summed E-state index contributed by atoms with van der Waals surface area (Å²) >= 11 is 0. The van der Waals surface area contributed by atoms with Gasteiger partial charge in [-0.25, -0.2) is 0 Å². The fourth-order valence-corrected chi connectivity index (χ4v) is 2.57.